The Bertz CT molecular complexity index is 1530. The highest BCUT2D eigenvalue weighted by molar-refractivity contribution is 5.97. The van der Waals surface area contributed by atoms with E-state index in [4.69, 9.17) is 25.4 Å². The first-order chi connectivity index (χ1) is 22.0. The zero-order valence-corrected chi connectivity index (χ0v) is 24.6. The van der Waals surface area contributed by atoms with Crippen molar-refractivity contribution in [3.05, 3.63) is 65.1 Å². The minimum atomic E-state index is -3.18. The number of nitrogens with zero attached hydrogens (tertiary/aromatic N) is 1. The van der Waals surface area contributed by atoms with Crippen LogP contribution in [0.1, 0.15) is 60.1 Å². The van der Waals surface area contributed by atoms with E-state index >= 15 is 0 Å². The van der Waals surface area contributed by atoms with E-state index in [1.807, 2.05) is 0 Å². The lowest BCUT2D eigenvalue weighted by molar-refractivity contribution is -0.120. The third-order valence-corrected chi connectivity index (χ3v) is 7.01. The van der Waals surface area contributed by atoms with Crippen LogP contribution in [0.2, 0.25) is 0 Å². The van der Waals surface area contributed by atoms with Crippen LogP contribution in [0.15, 0.2) is 40.8 Å². The zero-order valence-electron chi connectivity index (χ0n) is 24.6. The fourth-order valence-electron chi connectivity index (χ4n) is 4.82. The molecule has 0 saturated carbocycles. The van der Waals surface area contributed by atoms with Crippen molar-refractivity contribution < 1.29 is 50.6 Å². The maximum absolute atomic E-state index is 14.4. The van der Waals surface area contributed by atoms with Crippen LogP contribution >= 0.6 is 0 Å². The van der Waals surface area contributed by atoms with Gasteiger partial charge in [0.05, 0.1) is 25.3 Å². The molecule has 0 radical (unpaired) electrons. The molecule has 0 aliphatic carbocycles. The minimum absolute atomic E-state index is 0.103. The van der Waals surface area contributed by atoms with E-state index < -0.39 is 48.2 Å². The molecule has 2 heterocycles. The summed E-state index contributed by atoms with van der Waals surface area (Å²) < 4.78 is 76.7. The topological polar surface area (TPSA) is 181 Å². The van der Waals surface area contributed by atoms with E-state index in [1.54, 1.807) is 0 Å². The molecule has 2 aromatic carbocycles. The standard InChI is InChI=1S/C30H33F4N5O7/c1-15(35)26-25(28(42)38-24(27(36)41)18-7-6-17(31)13-19(18)32)39-29(46-26)16-5-8-22(45-30(33)34)23(12-16)44-21(4-2-3-10-40)20-14-43-11-9-37-20/h5-8,10,12-13,15,20-21,24,30,37H,2-4,9,11,14,35H2,1H3,(H2,36,41)(H,38,42)/t15-,20?,21?,24?/m0/s1. The summed E-state index contributed by atoms with van der Waals surface area (Å²) in [4.78, 5) is 40.6. The fraction of sp³-hybridized carbons (Fsp3) is 0.400. The normalized spacial score (nSPS) is 16.8. The average Bonchev–Trinajstić information content (AvgIpc) is 3.47. The molecule has 1 saturated heterocycles. The Morgan fingerprint density at radius 1 is 1.17 bits per heavy atom. The number of nitrogens with one attached hydrogen (secondary N) is 2. The van der Waals surface area contributed by atoms with Crippen LogP contribution in [0.5, 0.6) is 11.5 Å². The lowest BCUT2D eigenvalue weighted by Crippen LogP contribution is -2.50. The summed E-state index contributed by atoms with van der Waals surface area (Å²) in [6.45, 7) is -0.397. The highest BCUT2D eigenvalue weighted by Crippen LogP contribution is 2.36. The summed E-state index contributed by atoms with van der Waals surface area (Å²) in [5.41, 5.74) is 10.8. The van der Waals surface area contributed by atoms with Gasteiger partial charge in [0.25, 0.3) is 5.91 Å². The van der Waals surface area contributed by atoms with Crippen molar-refractivity contribution >= 4 is 18.1 Å². The van der Waals surface area contributed by atoms with Gasteiger partial charge in [0.2, 0.25) is 11.8 Å². The summed E-state index contributed by atoms with van der Waals surface area (Å²) in [7, 11) is 0. The Labute approximate surface area is 260 Å². The number of morpholine rings is 1. The summed E-state index contributed by atoms with van der Waals surface area (Å²) in [5.74, 6) is -4.86. The number of unbranched alkanes of at least 4 members (excludes halogenated alkanes) is 1. The summed E-state index contributed by atoms with van der Waals surface area (Å²) in [5, 5.41) is 5.53. The van der Waals surface area contributed by atoms with Gasteiger partial charge in [-0.3, -0.25) is 9.59 Å². The molecule has 4 atom stereocenters. The number of carbonyl (C=O) groups is 3. The molecule has 4 rings (SSSR count). The number of oxazole rings is 1. The van der Waals surface area contributed by atoms with Gasteiger partial charge in [-0.05, 0) is 44.0 Å². The lowest BCUT2D eigenvalue weighted by Gasteiger charge is -2.32. The Hall–Kier alpha value is -4.54. The number of benzene rings is 2. The molecule has 16 heteroatoms. The smallest absolute Gasteiger partial charge is 0.387 e. The second-order valence-corrected chi connectivity index (χ2v) is 10.4. The van der Waals surface area contributed by atoms with Crippen molar-refractivity contribution in [1.29, 1.82) is 0 Å². The first kappa shape index (κ1) is 34.3. The van der Waals surface area contributed by atoms with Crippen molar-refractivity contribution in [2.45, 2.75) is 57.0 Å². The molecule has 46 heavy (non-hydrogen) atoms. The van der Waals surface area contributed by atoms with E-state index in [0.29, 0.717) is 32.1 Å². The first-order valence-corrected chi connectivity index (χ1v) is 14.3. The number of aromatic nitrogens is 1. The number of nitrogens with two attached hydrogens (primary N) is 2. The number of amides is 2. The molecule has 3 aromatic rings. The Kier molecular flexibility index (Phi) is 11.7. The number of aldehydes is 1. The monoisotopic (exact) mass is 651 g/mol. The molecule has 248 valence electrons. The summed E-state index contributed by atoms with van der Waals surface area (Å²) in [6, 6.07) is 3.33. The van der Waals surface area contributed by atoms with Gasteiger partial charge in [0.1, 0.15) is 30.1 Å². The molecule has 0 spiro atoms. The largest absolute Gasteiger partial charge is 0.485 e. The van der Waals surface area contributed by atoms with Crippen molar-refractivity contribution in [2.75, 3.05) is 19.8 Å². The number of halogens is 4. The summed E-state index contributed by atoms with van der Waals surface area (Å²) >= 11 is 0. The van der Waals surface area contributed by atoms with Crippen LogP contribution in [0.4, 0.5) is 17.6 Å². The van der Waals surface area contributed by atoms with Gasteiger partial charge in [-0.25, -0.2) is 13.8 Å². The van der Waals surface area contributed by atoms with E-state index in [2.05, 4.69) is 20.4 Å². The SMILES string of the molecule is C[C@H](N)c1oc(-c2ccc(OC(F)F)c(OC(CCCC=O)C3COCCN3)c2)nc1C(=O)NC(C(N)=O)c1ccc(F)cc1F. The van der Waals surface area contributed by atoms with Crippen molar-refractivity contribution in [3.63, 3.8) is 0 Å². The molecule has 1 aliphatic rings. The predicted octanol–water partition coefficient (Wildman–Crippen LogP) is 3.30. The Morgan fingerprint density at radius 3 is 2.59 bits per heavy atom. The van der Waals surface area contributed by atoms with E-state index in [9.17, 15) is 31.9 Å². The third-order valence-electron chi connectivity index (χ3n) is 7.01. The van der Waals surface area contributed by atoms with Crippen LogP contribution in [0.3, 0.4) is 0 Å². The molecule has 1 aliphatic heterocycles. The fourth-order valence-corrected chi connectivity index (χ4v) is 4.82. The van der Waals surface area contributed by atoms with Crippen LogP contribution in [-0.2, 0) is 14.3 Å². The van der Waals surface area contributed by atoms with Crippen LogP contribution in [0.25, 0.3) is 11.5 Å². The number of ether oxygens (including phenoxy) is 3. The quantitative estimate of drug-likeness (QED) is 0.108. The molecular formula is C30H33F4N5O7. The Balaban J connectivity index is 1.68. The highest BCUT2D eigenvalue weighted by atomic mass is 19.3. The van der Waals surface area contributed by atoms with Crippen LogP contribution in [0, 0.1) is 11.6 Å². The molecule has 2 amide bonds. The number of primary amides is 1. The summed E-state index contributed by atoms with van der Waals surface area (Å²) in [6.07, 6.45) is 1.26. The van der Waals surface area contributed by atoms with E-state index in [0.717, 1.165) is 18.4 Å². The number of alkyl halides is 2. The number of hydrogen-bond acceptors (Lipinski definition) is 10. The highest BCUT2D eigenvalue weighted by Gasteiger charge is 2.31. The number of hydrogen-bond donors (Lipinski definition) is 4. The second kappa shape index (κ2) is 15.6. The molecule has 12 nitrogen and oxygen atoms in total. The van der Waals surface area contributed by atoms with Gasteiger partial charge in [-0.2, -0.15) is 8.78 Å². The molecule has 1 fully saturated rings. The second-order valence-electron chi connectivity index (χ2n) is 10.4. The van der Waals surface area contributed by atoms with Gasteiger partial charge in [0, 0.05) is 30.2 Å². The van der Waals surface area contributed by atoms with E-state index in [1.165, 1.54) is 25.1 Å². The van der Waals surface area contributed by atoms with Crippen LogP contribution in [-0.4, -0.2) is 61.6 Å². The molecular weight excluding hydrogens is 618 g/mol. The van der Waals surface area contributed by atoms with Gasteiger partial charge in [0.15, 0.2) is 23.0 Å². The first-order valence-electron chi connectivity index (χ1n) is 14.3. The zero-order chi connectivity index (χ0) is 33.4. The Morgan fingerprint density at radius 2 is 1.96 bits per heavy atom. The molecule has 6 N–H and O–H groups in total. The number of rotatable bonds is 15. The van der Waals surface area contributed by atoms with Crippen molar-refractivity contribution in [3.8, 4) is 23.0 Å². The van der Waals surface area contributed by atoms with E-state index in [-0.39, 0.29) is 59.0 Å². The molecule has 1 aromatic heterocycles. The van der Waals surface area contributed by atoms with Crippen molar-refractivity contribution in [1.82, 2.24) is 15.6 Å². The van der Waals surface area contributed by atoms with Crippen molar-refractivity contribution in [2.24, 2.45) is 11.5 Å². The van der Waals surface area contributed by atoms with Gasteiger partial charge >= 0.3 is 6.61 Å². The lowest BCUT2D eigenvalue weighted by atomic mass is 10.0. The van der Waals surface area contributed by atoms with Gasteiger partial charge in [-0.1, -0.05) is 6.07 Å². The van der Waals surface area contributed by atoms with Gasteiger partial charge in [-0.15, -0.1) is 0 Å². The minimum Gasteiger partial charge on any atom is -0.485 e. The maximum atomic E-state index is 14.4. The predicted molar refractivity (Wildman–Crippen MR) is 154 cm³/mol. The third kappa shape index (κ3) is 8.58. The molecule has 0 bridgehead atoms. The molecule has 3 unspecified atom stereocenters. The van der Waals surface area contributed by atoms with Gasteiger partial charge < -0.3 is 45.5 Å². The van der Waals surface area contributed by atoms with Crippen LogP contribution < -0.4 is 31.6 Å². The average molecular weight is 652 g/mol. The maximum Gasteiger partial charge on any atom is 0.387 e. The number of carbonyl (C=O) groups excluding carboxylic acids is 3.